The molecule has 80 valence electrons. The fourth-order valence-corrected chi connectivity index (χ4v) is 1.99. The van der Waals surface area contributed by atoms with Crippen molar-refractivity contribution >= 4 is 0 Å². The number of rotatable bonds is 5. The number of nitriles is 1. The second-order valence-electron chi connectivity index (χ2n) is 5.02. The van der Waals surface area contributed by atoms with Gasteiger partial charge in [0.05, 0.1) is 6.07 Å². The molecule has 14 heavy (non-hydrogen) atoms. The lowest BCUT2D eigenvalue weighted by Crippen LogP contribution is -2.50. The van der Waals surface area contributed by atoms with E-state index in [9.17, 15) is 0 Å². The minimum absolute atomic E-state index is 0.433. The zero-order chi connectivity index (χ0) is 10.8. The predicted octanol–water partition coefficient (Wildman–Crippen LogP) is 1.21. The molecule has 0 radical (unpaired) electrons. The van der Waals surface area contributed by atoms with Crippen molar-refractivity contribution in [1.82, 2.24) is 4.90 Å². The normalized spacial score (nSPS) is 20.9. The standard InChI is InChI=1S/C11H21N3/c1-9(2)6-14(3)8-11(13,7-12)10-4-5-10/h9-10H,4-6,8,13H2,1-3H3. The highest BCUT2D eigenvalue weighted by molar-refractivity contribution is 5.14. The zero-order valence-electron chi connectivity index (χ0n) is 9.45. The van der Waals surface area contributed by atoms with Gasteiger partial charge in [0, 0.05) is 13.1 Å². The molecule has 1 unspecified atom stereocenters. The Balaban J connectivity index is 2.44. The second-order valence-corrected chi connectivity index (χ2v) is 5.02. The third kappa shape index (κ3) is 2.97. The molecule has 0 amide bonds. The number of nitrogens with two attached hydrogens (primary N) is 1. The number of hydrogen-bond donors (Lipinski definition) is 1. The molecule has 1 rings (SSSR count). The molecule has 1 atom stereocenters. The Morgan fingerprint density at radius 2 is 2.14 bits per heavy atom. The van der Waals surface area contributed by atoms with Crippen LogP contribution in [0.3, 0.4) is 0 Å². The molecule has 1 saturated carbocycles. The summed E-state index contributed by atoms with van der Waals surface area (Å²) in [5.74, 6) is 1.06. The zero-order valence-corrected chi connectivity index (χ0v) is 9.45. The second kappa shape index (κ2) is 4.29. The van der Waals surface area contributed by atoms with Gasteiger partial charge in [-0.2, -0.15) is 5.26 Å². The summed E-state index contributed by atoms with van der Waals surface area (Å²) in [4.78, 5) is 2.17. The van der Waals surface area contributed by atoms with E-state index >= 15 is 0 Å². The van der Waals surface area contributed by atoms with Gasteiger partial charge in [-0.05, 0) is 31.7 Å². The first-order chi connectivity index (χ1) is 6.48. The monoisotopic (exact) mass is 195 g/mol. The maximum atomic E-state index is 9.08. The van der Waals surface area contributed by atoms with Crippen molar-refractivity contribution in [1.29, 1.82) is 5.26 Å². The minimum atomic E-state index is -0.607. The Bertz CT molecular complexity index is 227. The van der Waals surface area contributed by atoms with Gasteiger partial charge in [-0.25, -0.2) is 0 Å². The Kier molecular flexibility index (Phi) is 3.52. The fourth-order valence-electron chi connectivity index (χ4n) is 1.99. The topological polar surface area (TPSA) is 53.0 Å². The highest BCUT2D eigenvalue weighted by Crippen LogP contribution is 2.38. The highest BCUT2D eigenvalue weighted by atomic mass is 15.1. The van der Waals surface area contributed by atoms with E-state index in [1.807, 2.05) is 7.05 Å². The molecule has 1 aliphatic carbocycles. The van der Waals surface area contributed by atoms with Crippen LogP contribution in [0.4, 0.5) is 0 Å². The lowest BCUT2D eigenvalue weighted by molar-refractivity contribution is 0.240. The third-order valence-corrected chi connectivity index (χ3v) is 2.72. The number of hydrogen-bond acceptors (Lipinski definition) is 3. The Hall–Kier alpha value is -0.590. The lowest BCUT2D eigenvalue weighted by Gasteiger charge is -2.28. The molecule has 3 nitrogen and oxygen atoms in total. The quantitative estimate of drug-likeness (QED) is 0.717. The minimum Gasteiger partial charge on any atom is -0.312 e. The van der Waals surface area contributed by atoms with E-state index in [-0.39, 0.29) is 0 Å². The van der Waals surface area contributed by atoms with Crippen molar-refractivity contribution in [3.8, 4) is 6.07 Å². The molecule has 0 heterocycles. The van der Waals surface area contributed by atoms with E-state index < -0.39 is 5.54 Å². The van der Waals surface area contributed by atoms with Gasteiger partial charge >= 0.3 is 0 Å². The van der Waals surface area contributed by atoms with E-state index in [1.165, 1.54) is 0 Å². The summed E-state index contributed by atoms with van der Waals surface area (Å²) >= 11 is 0. The molecular weight excluding hydrogens is 174 g/mol. The van der Waals surface area contributed by atoms with Crippen molar-refractivity contribution in [2.75, 3.05) is 20.1 Å². The Morgan fingerprint density at radius 1 is 1.57 bits per heavy atom. The maximum absolute atomic E-state index is 9.08. The first-order valence-corrected chi connectivity index (χ1v) is 5.36. The molecular formula is C11H21N3. The molecule has 0 aromatic rings. The first kappa shape index (κ1) is 11.5. The van der Waals surface area contributed by atoms with Crippen molar-refractivity contribution < 1.29 is 0 Å². The van der Waals surface area contributed by atoms with Crippen molar-refractivity contribution in [2.45, 2.75) is 32.2 Å². The van der Waals surface area contributed by atoms with Crippen LogP contribution in [0.1, 0.15) is 26.7 Å². The smallest absolute Gasteiger partial charge is 0.119 e. The van der Waals surface area contributed by atoms with E-state index in [0.717, 1.165) is 19.4 Å². The Labute approximate surface area is 86.9 Å². The van der Waals surface area contributed by atoms with Crippen LogP contribution in [0.15, 0.2) is 0 Å². The van der Waals surface area contributed by atoms with Gasteiger partial charge in [-0.15, -0.1) is 0 Å². The van der Waals surface area contributed by atoms with Crippen LogP contribution in [0, 0.1) is 23.2 Å². The summed E-state index contributed by atoms with van der Waals surface area (Å²) in [5, 5.41) is 9.08. The molecule has 0 bridgehead atoms. The molecule has 3 heteroatoms. The molecule has 0 saturated heterocycles. The number of likely N-dealkylation sites (N-methyl/N-ethyl adjacent to an activating group) is 1. The van der Waals surface area contributed by atoms with E-state index in [4.69, 9.17) is 11.0 Å². The molecule has 1 fully saturated rings. The van der Waals surface area contributed by atoms with Crippen molar-refractivity contribution in [2.24, 2.45) is 17.6 Å². The van der Waals surface area contributed by atoms with Gasteiger partial charge in [0.15, 0.2) is 0 Å². The highest BCUT2D eigenvalue weighted by Gasteiger charge is 2.43. The number of nitrogens with zero attached hydrogens (tertiary/aromatic N) is 2. The van der Waals surface area contributed by atoms with Crippen molar-refractivity contribution in [3.05, 3.63) is 0 Å². The fraction of sp³-hybridized carbons (Fsp3) is 0.909. The molecule has 0 aromatic carbocycles. The predicted molar refractivity (Wildman–Crippen MR) is 57.6 cm³/mol. The molecule has 0 spiro atoms. The molecule has 1 aliphatic rings. The largest absolute Gasteiger partial charge is 0.312 e. The molecule has 0 aromatic heterocycles. The maximum Gasteiger partial charge on any atom is 0.119 e. The average molecular weight is 195 g/mol. The Morgan fingerprint density at radius 3 is 2.50 bits per heavy atom. The van der Waals surface area contributed by atoms with Gasteiger partial charge in [-0.1, -0.05) is 13.8 Å². The van der Waals surface area contributed by atoms with Gasteiger partial charge in [-0.3, -0.25) is 0 Å². The van der Waals surface area contributed by atoms with Crippen LogP contribution >= 0.6 is 0 Å². The summed E-state index contributed by atoms with van der Waals surface area (Å²) in [6.45, 7) is 6.07. The lowest BCUT2D eigenvalue weighted by atomic mass is 9.95. The van der Waals surface area contributed by atoms with E-state index in [2.05, 4.69) is 24.8 Å². The van der Waals surface area contributed by atoms with Crippen LogP contribution in [0.5, 0.6) is 0 Å². The van der Waals surface area contributed by atoms with Crippen LogP contribution in [-0.4, -0.2) is 30.6 Å². The third-order valence-electron chi connectivity index (χ3n) is 2.72. The van der Waals surface area contributed by atoms with Gasteiger partial charge in [0.1, 0.15) is 5.54 Å². The van der Waals surface area contributed by atoms with E-state index in [1.54, 1.807) is 0 Å². The van der Waals surface area contributed by atoms with Crippen LogP contribution in [0.2, 0.25) is 0 Å². The summed E-state index contributed by atoms with van der Waals surface area (Å²) in [6, 6.07) is 2.28. The summed E-state index contributed by atoms with van der Waals surface area (Å²) in [5.41, 5.74) is 5.47. The van der Waals surface area contributed by atoms with Crippen LogP contribution in [0.25, 0.3) is 0 Å². The van der Waals surface area contributed by atoms with Gasteiger partial charge in [0.2, 0.25) is 0 Å². The summed E-state index contributed by atoms with van der Waals surface area (Å²) in [6.07, 6.45) is 2.25. The summed E-state index contributed by atoms with van der Waals surface area (Å²) in [7, 11) is 2.04. The molecule has 0 aliphatic heterocycles. The van der Waals surface area contributed by atoms with E-state index in [0.29, 0.717) is 18.4 Å². The van der Waals surface area contributed by atoms with Crippen LogP contribution in [-0.2, 0) is 0 Å². The molecule has 2 N–H and O–H groups in total. The van der Waals surface area contributed by atoms with Crippen LogP contribution < -0.4 is 5.73 Å². The first-order valence-electron chi connectivity index (χ1n) is 5.36. The SMILES string of the molecule is CC(C)CN(C)CC(N)(C#N)C1CC1. The van der Waals surface area contributed by atoms with Gasteiger partial charge in [0.25, 0.3) is 0 Å². The van der Waals surface area contributed by atoms with Gasteiger partial charge < -0.3 is 10.6 Å². The average Bonchev–Trinajstić information content (AvgIpc) is 2.84. The summed E-state index contributed by atoms with van der Waals surface area (Å²) < 4.78 is 0. The van der Waals surface area contributed by atoms with Crippen molar-refractivity contribution in [3.63, 3.8) is 0 Å².